The number of hydrogen-bond acceptors (Lipinski definition) is 3. The first-order chi connectivity index (χ1) is 7.59. The molecule has 0 amide bonds. The number of ether oxygens (including phenoxy) is 2. The van der Waals surface area contributed by atoms with E-state index in [0.717, 1.165) is 11.3 Å². The van der Waals surface area contributed by atoms with E-state index in [1.165, 1.54) is 0 Å². The van der Waals surface area contributed by atoms with Crippen LogP contribution in [0.25, 0.3) is 0 Å². The molecule has 0 bridgehead atoms. The Morgan fingerprint density at radius 2 is 1.94 bits per heavy atom. The van der Waals surface area contributed by atoms with Crippen molar-refractivity contribution in [2.24, 2.45) is 0 Å². The first-order valence-corrected chi connectivity index (χ1v) is 5.62. The van der Waals surface area contributed by atoms with Crippen LogP contribution in [-0.2, 0) is 4.74 Å². The zero-order valence-electron chi connectivity index (χ0n) is 10.1. The van der Waals surface area contributed by atoms with E-state index in [9.17, 15) is 5.11 Å². The minimum atomic E-state index is -0.463. The molecule has 0 heterocycles. The number of rotatable bonds is 6. The van der Waals surface area contributed by atoms with Gasteiger partial charge in [-0.2, -0.15) is 0 Å². The molecular formula is C13H20O3. The second-order valence-electron chi connectivity index (χ2n) is 4.02. The number of aliphatic hydroxyl groups excluding tert-OH is 1. The van der Waals surface area contributed by atoms with Gasteiger partial charge in [-0.3, -0.25) is 0 Å². The molecule has 0 saturated heterocycles. The highest BCUT2D eigenvalue weighted by Gasteiger charge is 2.02. The van der Waals surface area contributed by atoms with Crippen LogP contribution >= 0.6 is 0 Å². The van der Waals surface area contributed by atoms with E-state index >= 15 is 0 Å². The molecule has 1 atom stereocenters. The van der Waals surface area contributed by atoms with Crippen molar-refractivity contribution >= 4 is 0 Å². The molecule has 1 rings (SSSR count). The monoisotopic (exact) mass is 224 g/mol. The molecule has 1 N–H and O–H groups in total. The molecule has 3 heteroatoms. The van der Waals surface area contributed by atoms with E-state index < -0.39 is 6.10 Å². The van der Waals surface area contributed by atoms with Gasteiger partial charge < -0.3 is 14.6 Å². The van der Waals surface area contributed by atoms with E-state index in [1.54, 1.807) is 6.92 Å². The van der Waals surface area contributed by atoms with Gasteiger partial charge in [0.15, 0.2) is 0 Å². The van der Waals surface area contributed by atoms with E-state index in [1.807, 2.05) is 38.1 Å². The zero-order chi connectivity index (χ0) is 12.0. The summed E-state index contributed by atoms with van der Waals surface area (Å²) in [7, 11) is 0. The maximum Gasteiger partial charge on any atom is 0.119 e. The molecule has 0 aromatic heterocycles. The Morgan fingerprint density at radius 3 is 2.56 bits per heavy atom. The van der Waals surface area contributed by atoms with Gasteiger partial charge in [0.05, 0.1) is 18.8 Å². The van der Waals surface area contributed by atoms with Crippen LogP contribution in [0.1, 0.15) is 32.4 Å². The van der Waals surface area contributed by atoms with Crippen molar-refractivity contribution in [1.29, 1.82) is 0 Å². The highest BCUT2D eigenvalue weighted by molar-refractivity contribution is 5.29. The second-order valence-corrected chi connectivity index (χ2v) is 4.02. The summed E-state index contributed by atoms with van der Waals surface area (Å²) in [5.41, 5.74) is 0.863. The van der Waals surface area contributed by atoms with Gasteiger partial charge in [0.25, 0.3) is 0 Å². The Hall–Kier alpha value is -1.06. The standard InChI is InChI=1S/C13H20O3/c1-10(2)15-7-8-16-13-6-4-5-12(9-13)11(3)14/h4-6,9-11,14H,7-8H2,1-3H3. The Labute approximate surface area is 97.0 Å². The minimum Gasteiger partial charge on any atom is -0.491 e. The third-order valence-electron chi connectivity index (χ3n) is 2.14. The van der Waals surface area contributed by atoms with Crippen molar-refractivity contribution in [3.05, 3.63) is 29.8 Å². The van der Waals surface area contributed by atoms with Gasteiger partial charge in [0.1, 0.15) is 12.4 Å². The molecule has 0 spiro atoms. The van der Waals surface area contributed by atoms with Crippen LogP contribution in [0.15, 0.2) is 24.3 Å². The molecule has 1 aromatic rings. The molecular weight excluding hydrogens is 204 g/mol. The minimum absolute atomic E-state index is 0.229. The lowest BCUT2D eigenvalue weighted by Crippen LogP contribution is -2.11. The Bertz CT molecular complexity index is 308. The van der Waals surface area contributed by atoms with E-state index in [2.05, 4.69) is 0 Å². The van der Waals surface area contributed by atoms with Crippen molar-refractivity contribution in [2.75, 3.05) is 13.2 Å². The van der Waals surface area contributed by atoms with E-state index in [4.69, 9.17) is 9.47 Å². The Balaban J connectivity index is 2.39. The first kappa shape index (κ1) is 13.0. The normalized spacial score (nSPS) is 12.8. The molecule has 1 aromatic carbocycles. The largest absolute Gasteiger partial charge is 0.491 e. The smallest absolute Gasteiger partial charge is 0.119 e. The predicted molar refractivity (Wildman–Crippen MR) is 63.7 cm³/mol. The summed E-state index contributed by atoms with van der Waals surface area (Å²) < 4.78 is 10.9. The van der Waals surface area contributed by atoms with Crippen LogP contribution in [0.4, 0.5) is 0 Å². The van der Waals surface area contributed by atoms with Gasteiger partial charge in [-0.25, -0.2) is 0 Å². The maximum absolute atomic E-state index is 9.41. The maximum atomic E-state index is 9.41. The predicted octanol–water partition coefficient (Wildman–Crippen LogP) is 2.54. The van der Waals surface area contributed by atoms with Crippen LogP contribution in [0.2, 0.25) is 0 Å². The number of benzene rings is 1. The molecule has 1 unspecified atom stereocenters. The molecule has 16 heavy (non-hydrogen) atoms. The molecule has 0 fully saturated rings. The van der Waals surface area contributed by atoms with Crippen LogP contribution in [-0.4, -0.2) is 24.4 Å². The third kappa shape index (κ3) is 4.64. The van der Waals surface area contributed by atoms with Crippen molar-refractivity contribution in [1.82, 2.24) is 0 Å². The molecule has 0 aliphatic rings. The third-order valence-corrected chi connectivity index (χ3v) is 2.14. The van der Waals surface area contributed by atoms with Gasteiger partial charge in [-0.1, -0.05) is 12.1 Å². The molecule has 0 radical (unpaired) electrons. The second kappa shape index (κ2) is 6.51. The highest BCUT2D eigenvalue weighted by atomic mass is 16.5. The quantitative estimate of drug-likeness (QED) is 0.755. The SMILES string of the molecule is CC(C)OCCOc1cccc(C(C)O)c1. The van der Waals surface area contributed by atoms with Crippen molar-refractivity contribution in [3.8, 4) is 5.75 Å². The summed E-state index contributed by atoms with van der Waals surface area (Å²) in [5.74, 6) is 0.769. The van der Waals surface area contributed by atoms with Crippen LogP contribution in [0, 0.1) is 0 Å². The van der Waals surface area contributed by atoms with Crippen LogP contribution in [0.5, 0.6) is 5.75 Å². The molecule has 0 aliphatic heterocycles. The van der Waals surface area contributed by atoms with Gasteiger partial charge in [0, 0.05) is 0 Å². The summed E-state index contributed by atoms with van der Waals surface area (Å²) in [6, 6.07) is 7.48. The summed E-state index contributed by atoms with van der Waals surface area (Å²) in [6.07, 6.45) is -0.233. The summed E-state index contributed by atoms with van der Waals surface area (Å²) in [4.78, 5) is 0. The summed E-state index contributed by atoms with van der Waals surface area (Å²) in [6.45, 7) is 6.83. The lowest BCUT2D eigenvalue weighted by Gasteiger charge is -2.11. The fourth-order valence-electron chi connectivity index (χ4n) is 1.31. The van der Waals surface area contributed by atoms with Gasteiger partial charge in [-0.05, 0) is 38.5 Å². The average Bonchev–Trinajstić information content (AvgIpc) is 2.24. The topological polar surface area (TPSA) is 38.7 Å². The fourth-order valence-corrected chi connectivity index (χ4v) is 1.31. The zero-order valence-corrected chi connectivity index (χ0v) is 10.1. The highest BCUT2D eigenvalue weighted by Crippen LogP contribution is 2.18. The van der Waals surface area contributed by atoms with Gasteiger partial charge >= 0.3 is 0 Å². The van der Waals surface area contributed by atoms with Crippen LogP contribution < -0.4 is 4.74 Å². The number of hydrogen-bond donors (Lipinski definition) is 1. The lowest BCUT2D eigenvalue weighted by atomic mass is 10.1. The Kier molecular flexibility index (Phi) is 5.29. The molecule has 0 aliphatic carbocycles. The van der Waals surface area contributed by atoms with E-state index in [0.29, 0.717) is 13.2 Å². The van der Waals surface area contributed by atoms with E-state index in [-0.39, 0.29) is 6.10 Å². The lowest BCUT2D eigenvalue weighted by molar-refractivity contribution is 0.0552. The number of aliphatic hydroxyl groups is 1. The molecule has 0 saturated carbocycles. The first-order valence-electron chi connectivity index (χ1n) is 5.62. The van der Waals surface area contributed by atoms with Crippen LogP contribution in [0.3, 0.4) is 0 Å². The fraction of sp³-hybridized carbons (Fsp3) is 0.538. The Morgan fingerprint density at radius 1 is 1.19 bits per heavy atom. The molecule has 90 valence electrons. The van der Waals surface area contributed by atoms with Crippen molar-refractivity contribution < 1.29 is 14.6 Å². The average molecular weight is 224 g/mol. The van der Waals surface area contributed by atoms with Crippen molar-refractivity contribution in [2.45, 2.75) is 33.0 Å². The summed E-state index contributed by atoms with van der Waals surface area (Å²) in [5, 5.41) is 9.41. The van der Waals surface area contributed by atoms with Crippen molar-refractivity contribution in [3.63, 3.8) is 0 Å². The summed E-state index contributed by atoms with van der Waals surface area (Å²) >= 11 is 0. The van der Waals surface area contributed by atoms with Gasteiger partial charge in [-0.15, -0.1) is 0 Å². The van der Waals surface area contributed by atoms with Gasteiger partial charge in [0.2, 0.25) is 0 Å². The molecule has 3 nitrogen and oxygen atoms in total.